The summed E-state index contributed by atoms with van der Waals surface area (Å²) in [6.07, 6.45) is -3.43. The largest absolute Gasteiger partial charge is 0.461 e. The minimum Gasteiger partial charge on any atom is -0.461 e. The Bertz CT molecular complexity index is 1170. The molecular formula is C23H33N4O9P. The lowest BCUT2D eigenvalue weighted by Gasteiger charge is -2.27. The number of nitrogen functional groups attached to an aromatic ring is 1. The van der Waals surface area contributed by atoms with Crippen molar-refractivity contribution in [2.45, 2.75) is 57.8 Å². The van der Waals surface area contributed by atoms with Gasteiger partial charge in [-0.2, -0.15) is 4.98 Å². The van der Waals surface area contributed by atoms with E-state index < -0.39 is 56.2 Å². The lowest BCUT2D eigenvalue weighted by atomic mass is 9.96. The van der Waals surface area contributed by atoms with E-state index in [-0.39, 0.29) is 24.0 Å². The number of rotatable bonds is 11. The Hall–Kier alpha value is -2.80. The van der Waals surface area contributed by atoms with Crippen LogP contribution in [0.1, 0.15) is 33.9 Å². The van der Waals surface area contributed by atoms with Gasteiger partial charge in [-0.1, -0.05) is 32.0 Å². The topological polar surface area (TPSA) is 184 Å². The summed E-state index contributed by atoms with van der Waals surface area (Å²) in [5.41, 5.74) is 2.81. The predicted molar refractivity (Wildman–Crippen MR) is 132 cm³/mol. The maximum Gasteiger partial charge on any atom is 0.458 e. The summed E-state index contributed by atoms with van der Waals surface area (Å²) >= 11 is 0. The number of carbonyl (C=O) groups excluding carboxylic acids is 1. The molecule has 5 N–H and O–H groups in total. The van der Waals surface area contributed by atoms with Crippen molar-refractivity contribution in [2.24, 2.45) is 5.92 Å². The van der Waals surface area contributed by atoms with Crippen molar-refractivity contribution in [3.8, 4) is 5.75 Å². The molecule has 14 heteroatoms. The van der Waals surface area contributed by atoms with Crippen molar-refractivity contribution in [1.29, 1.82) is 0 Å². The van der Waals surface area contributed by atoms with E-state index in [2.05, 4.69) is 10.1 Å². The van der Waals surface area contributed by atoms with Crippen LogP contribution in [0.4, 0.5) is 5.82 Å². The van der Waals surface area contributed by atoms with E-state index in [4.69, 9.17) is 24.3 Å². The summed E-state index contributed by atoms with van der Waals surface area (Å²) in [4.78, 5) is 27.8. The minimum atomic E-state index is -4.10. The zero-order valence-corrected chi connectivity index (χ0v) is 21.9. The molecule has 1 aromatic heterocycles. The molecule has 0 aliphatic carbocycles. The average molecular weight is 541 g/mol. The third-order valence-electron chi connectivity index (χ3n) is 5.60. The molecule has 2 aromatic rings. The van der Waals surface area contributed by atoms with Crippen LogP contribution in [0.2, 0.25) is 0 Å². The van der Waals surface area contributed by atoms with Crippen LogP contribution in [0, 0.1) is 5.92 Å². The molecule has 6 atom stereocenters. The maximum atomic E-state index is 13.6. The first-order valence-electron chi connectivity index (χ1n) is 11.7. The molecule has 0 amide bonds. The van der Waals surface area contributed by atoms with Crippen molar-refractivity contribution >= 4 is 19.5 Å². The van der Waals surface area contributed by atoms with Crippen LogP contribution < -0.4 is 21.0 Å². The molecule has 0 spiro atoms. The van der Waals surface area contributed by atoms with Gasteiger partial charge in [-0.3, -0.25) is 13.9 Å². The van der Waals surface area contributed by atoms with Crippen LogP contribution in [-0.4, -0.2) is 62.8 Å². The van der Waals surface area contributed by atoms with Crippen LogP contribution in [0.15, 0.2) is 47.4 Å². The molecule has 2 heterocycles. The molecule has 1 aliphatic rings. The highest BCUT2D eigenvalue weighted by atomic mass is 31.2. The van der Waals surface area contributed by atoms with Gasteiger partial charge in [0.05, 0.1) is 12.5 Å². The van der Waals surface area contributed by atoms with Gasteiger partial charge in [0.25, 0.3) is 0 Å². The van der Waals surface area contributed by atoms with Gasteiger partial charge in [-0.05, 0) is 32.0 Å². The highest BCUT2D eigenvalue weighted by Crippen LogP contribution is 2.46. The number of anilines is 1. The molecule has 1 fully saturated rings. The third kappa shape index (κ3) is 7.16. The first kappa shape index (κ1) is 28.8. The van der Waals surface area contributed by atoms with Crippen molar-refractivity contribution < 1.29 is 38.1 Å². The summed E-state index contributed by atoms with van der Waals surface area (Å²) < 4.78 is 36.8. The monoisotopic (exact) mass is 540 g/mol. The lowest BCUT2D eigenvalue weighted by molar-refractivity contribution is -0.151. The number of ether oxygens (including phenoxy) is 2. The van der Waals surface area contributed by atoms with Gasteiger partial charge in [-0.25, -0.2) is 14.4 Å². The summed E-state index contributed by atoms with van der Waals surface area (Å²) in [6.45, 7) is 5.74. The Balaban J connectivity index is 1.74. The number of nitrogens with two attached hydrogens (primary N) is 1. The number of benzene rings is 1. The number of carbonyl (C=O) groups is 1. The zero-order chi connectivity index (χ0) is 27.4. The molecule has 0 radical (unpaired) electrons. The van der Waals surface area contributed by atoms with Crippen molar-refractivity contribution in [1.82, 2.24) is 14.6 Å². The predicted octanol–water partition coefficient (Wildman–Crippen LogP) is 1.22. The number of hydrogen-bond acceptors (Lipinski definition) is 11. The quantitative estimate of drug-likeness (QED) is 0.236. The van der Waals surface area contributed by atoms with Crippen molar-refractivity contribution in [3.63, 3.8) is 0 Å². The number of esters is 1. The van der Waals surface area contributed by atoms with Crippen molar-refractivity contribution in [3.05, 3.63) is 53.1 Å². The third-order valence-corrected chi connectivity index (χ3v) is 7.11. The van der Waals surface area contributed by atoms with Gasteiger partial charge in [0.1, 0.15) is 35.5 Å². The second-order valence-corrected chi connectivity index (χ2v) is 11.0. The van der Waals surface area contributed by atoms with Gasteiger partial charge in [0.15, 0.2) is 6.23 Å². The molecule has 0 saturated carbocycles. The Labute approximate surface area is 214 Å². The number of hydrogen-bond donors (Lipinski definition) is 4. The van der Waals surface area contributed by atoms with Crippen LogP contribution >= 0.6 is 7.75 Å². The van der Waals surface area contributed by atoms with E-state index >= 15 is 0 Å². The van der Waals surface area contributed by atoms with Crippen molar-refractivity contribution in [2.75, 3.05) is 18.9 Å². The highest BCUT2D eigenvalue weighted by Gasteiger charge is 2.54. The van der Waals surface area contributed by atoms with E-state index in [9.17, 15) is 24.4 Å². The molecular weight excluding hydrogens is 507 g/mol. The average Bonchev–Trinajstić information content (AvgIpc) is 3.05. The van der Waals surface area contributed by atoms with Gasteiger partial charge >= 0.3 is 19.4 Å². The molecule has 204 valence electrons. The molecule has 13 nitrogen and oxygen atoms in total. The summed E-state index contributed by atoms with van der Waals surface area (Å²) in [5, 5.41) is 24.3. The maximum absolute atomic E-state index is 13.6. The minimum absolute atomic E-state index is 0.0160. The van der Waals surface area contributed by atoms with Gasteiger partial charge in [-0.15, -0.1) is 0 Å². The van der Waals surface area contributed by atoms with E-state index in [0.717, 1.165) is 4.57 Å². The zero-order valence-electron chi connectivity index (χ0n) is 21.0. The first-order chi connectivity index (χ1) is 17.3. The van der Waals surface area contributed by atoms with E-state index in [1.165, 1.54) is 19.2 Å². The molecule has 37 heavy (non-hydrogen) atoms. The number of aliphatic hydroxyl groups excluding tert-OH is 1. The van der Waals surface area contributed by atoms with Gasteiger partial charge in [0.2, 0.25) is 0 Å². The number of nitrogens with one attached hydrogen (secondary N) is 1. The smallest absolute Gasteiger partial charge is 0.458 e. The fraction of sp³-hybridized carbons (Fsp3) is 0.522. The molecule has 1 aromatic carbocycles. The highest BCUT2D eigenvalue weighted by molar-refractivity contribution is 7.52. The molecule has 0 bridgehead atoms. The Morgan fingerprint density at radius 3 is 2.59 bits per heavy atom. The SMILES string of the molecule is CC(CNP(=O)(OC[C@H]1O[C@@H](n2ccc(N)nc2=O)[C@](C)(O)[C@@H]1O)Oc1ccccc1)OC(=O)C(C)C. The number of para-hydroxylation sites is 1. The Kier molecular flexibility index (Phi) is 9.11. The first-order valence-corrected chi connectivity index (χ1v) is 13.2. The fourth-order valence-corrected chi connectivity index (χ4v) is 4.93. The van der Waals surface area contributed by atoms with Crippen LogP contribution in [-0.2, 0) is 23.4 Å². The normalized spacial score (nSPS) is 26.0. The standard InChI is InChI=1S/C23H33N4O9P/c1-14(2)20(29)34-15(3)12-25-37(32,36-16-8-6-5-7-9-16)33-13-17-19(28)23(4,31)21(35-17)27-11-10-18(24)26-22(27)30/h5-11,14-15,17,19,21,28,31H,12-13H2,1-4H3,(H,25,32)(H2,24,26,30)/t15?,17-,19-,21-,23-,37?/m1/s1. The molecule has 2 unspecified atom stereocenters. The van der Waals surface area contributed by atoms with E-state index in [0.29, 0.717) is 0 Å². The lowest BCUT2D eigenvalue weighted by Crippen LogP contribution is -2.46. The summed E-state index contributed by atoms with van der Waals surface area (Å²) in [7, 11) is -4.10. The van der Waals surface area contributed by atoms with E-state index in [1.807, 2.05) is 0 Å². The van der Waals surface area contributed by atoms with Gasteiger partial charge in [0, 0.05) is 12.7 Å². The van der Waals surface area contributed by atoms with E-state index in [1.54, 1.807) is 51.1 Å². The van der Waals surface area contributed by atoms with Crippen LogP contribution in [0.5, 0.6) is 5.75 Å². The molecule has 3 rings (SSSR count). The van der Waals surface area contributed by atoms with Crippen LogP contribution in [0.25, 0.3) is 0 Å². The second kappa shape index (κ2) is 11.7. The van der Waals surface area contributed by atoms with Gasteiger partial charge < -0.3 is 29.9 Å². The number of aliphatic hydroxyl groups is 2. The summed E-state index contributed by atoms with van der Waals surface area (Å²) in [6, 6.07) is 9.59. The Morgan fingerprint density at radius 1 is 1.30 bits per heavy atom. The second-order valence-electron chi connectivity index (χ2n) is 9.20. The van der Waals surface area contributed by atoms with Crippen LogP contribution in [0.3, 0.4) is 0 Å². The Morgan fingerprint density at radius 2 is 1.97 bits per heavy atom. The summed E-state index contributed by atoms with van der Waals surface area (Å²) in [5.74, 6) is -0.533. The number of aromatic nitrogens is 2. The number of nitrogens with zero attached hydrogens (tertiary/aromatic N) is 2. The molecule has 1 saturated heterocycles. The fourth-order valence-electron chi connectivity index (χ4n) is 3.49. The molecule has 1 aliphatic heterocycles.